The predicted octanol–water partition coefficient (Wildman–Crippen LogP) is 5.39. The number of anilines is 1. The lowest BCUT2D eigenvalue weighted by atomic mass is 10.1. The minimum atomic E-state index is 0. The molecule has 0 bridgehead atoms. The molecular weight excluding hydrogens is 557 g/mol. The molecule has 6 N–H and O–H groups in total. The zero-order valence-electron chi connectivity index (χ0n) is 23.7. The molecule has 0 spiro atoms. The number of hydrogen-bond donors (Lipinski definition) is 4. The summed E-state index contributed by atoms with van der Waals surface area (Å²) in [5.41, 5.74) is 17.5. The van der Waals surface area contributed by atoms with E-state index in [0.29, 0.717) is 30.9 Å². The van der Waals surface area contributed by atoms with Crippen molar-refractivity contribution in [2.75, 3.05) is 11.4 Å². The fraction of sp³-hybridized carbons (Fsp3) is 0.290. The molecule has 0 unspecified atom stereocenters. The molecule has 1 amide bonds. The predicted molar refractivity (Wildman–Crippen MR) is 173 cm³/mol. The van der Waals surface area contributed by atoms with Crippen molar-refractivity contribution in [1.82, 2.24) is 9.55 Å². The molecule has 0 saturated heterocycles. The molecule has 0 aliphatic rings. The van der Waals surface area contributed by atoms with Gasteiger partial charge in [0.05, 0.1) is 11.0 Å². The van der Waals surface area contributed by atoms with Crippen molar-refractivity contribution in [1.29, 1.82) is 10.8 Å². The fourth-order valence-electron chi connectivity index (χ4n) is 4.69. The smallest absolute Gasteiger partial charge is 0.227 e. The van der Waals surface area contributed by atoms with Gasteiger partial charge in [-0.1, -0.05) is 62.4 Å². The number of hydrogen-bond acceptors (Lipinski definition) is 4. The molecule has 0 radical (unpaired) electrons. The zero-order chi connectivity index (χ0) is 28.1. The molecule has 0 fully saturated rings. The number of halogens is 2. The van der Waals surface area contributed by atoms with Crippen molar-refractivity contribution in [3.8, 4) is 0 Å². The Labute approximate surface area is 254 Å². The second-order valence-electron chi connectivity index (χ2n) is 10.4. The average molecular weight is 597 g/mol. The van der Waals surface area contributed by atoms with E-state index in [-0.39, 0.29) is 42.4 Å². The summed E-state index contributed by atoms with van der Waals surface area (Å²) < 4.78 is 2.11. The Morgan fingerprint density at radius 2 is 1.39 bits per heavy atom. The van der Waals surface area contributed by atoms with E-state index in [1.807, 2.05) is 78.7 Å². The molecule has 0 atom stereocenters. The van der Waals surface area contributed by atoms with E-state index in [1.165, 1.54) is 0 Å². The van der Waals surface area contributed by atoms with Gasteiger partial charge in [-0.25, -0.2) is 4.98 Å². The number of nitrogens with two attached hydrogens (primary N) is 2. The minimum Gasteiger partial charge on any atom is -0.384 e. The Morgan fingerprint density at radius 3 is 1.90 bits per heavy atom. The van der Waals surface area contributed by atoms with Crippen LogP contribution in [0.3, 0.4) is 0 Å². The third-order valence-electron chi connectivity index (χ3n) is 6.91. The summed E-state index contributed by atoms with van der Waals surface area (Å²) in [5.74, 6) is 1.48. The summed E-state index contributed by atoms with van der Waals surface area (Å²) in [5, 5.41) is 15.1. The molecule has 1 aromatic heterocycles. The molecule has 41 heavy (non-hydrogen) atoms. The number of fused-ring (bicyclic) bond motifs is 1. The number of nitrogens with zero attached hydrogens (tertiary/aromatic N) is 3. The first-order chi connectivity index (χ1) is 18.6. The largest absolute Gasteiger partial charge is 0.384 e. The number of carbonyl (C=O) groups is 1. The number of carbonyl (C=O) groups excluding carboxylic acids is 1. The number of benzene rings is 3. The van der Waals surface area contributed by atoms with Crippen LogP contribution >= 0.6 is 24.8 Å². The molecule has 0 aliphatic carbocycles. The van der Waals surface area contributed by atoms with Gasteiger partial charge in [-0.15, -0.1) is 24.8 Å². The maximum Gasteiger partial charge on any atom is 0.227 e. The van der Waals surface area contributed by atoms with Crippen LogP contribution in [-0.2, 0) is 31.1 Å². The second kappa shape index (κ2) is 14.7. The summed E-state index contributed by atoms with van der Waals surface area (Å²) in [6, 6.07) is 21.3. The Balaban J connectivity index is 0.00000294. The van der Waals surface area contributed by atoms with Crippen molar-refractivity contribution >= 4 is 59.1 Å². The van der Waals surface area contributed by atoms with Crippen LogP contribution in [0.25, 0.3) is 11.0 Å². The maximum absolute atomic E-state index is 13.4. The Hall–Kier alpha value is -3.88. The molecule has 3 aromatic carbocycles. The van der Waals surface area contributed by atoms with E-state index in [2.05, 4.69) is 18.4 Å². The number of nitrogens with one attached hydrogen (secondary N) is 2. The van der Waals surface area contributed by atoms with Gasteiger partial charge in [0.1, 0.15) is 17.5 Å². The number of amidine groups is 2. The summed E-state index contributed by atoms with van der Waals surface area (Å²) in [6.07, 6.45) is 2.61. The minimum absolute atomic E-state index is 0. The van der Waals surface area contributed by atoms with E-state index in [1.54, 1.807) is 0 Å². The van der Waals surface area contributed by atoms with Gasteiger partial charge >= 0.3 is 0 Å². The fourth-order valence-corrected chi connectivity index (χ4v) is 4.69. The third-order valence-corrected chi connectivity index (χ3v) is 6.91. The normalized spacial score (nSPS) is 10.6. The van der Waals surface area contributed by atoms with Gasteiger partial charge in [-0.2, -0.15) is 0 Å². The summed E-state index contributed by atoms with van der Waals surface area (Å²) in [7, 11) is 2.03. The van der Waals surface area contributed by atoms with E-state index in [4.69, 9.17) is 27.3 Å². The van der Waals surface area contributed by atoms with Crippen molar-refractivity contribution in [2.45, 2.75) is 39.5 Å². The molecular formula is C31H39Cl2N7O. The van der Waals surface area contributed by atoms with Crippen LogP contribution in [0.5, 0.6) is 0 Å². The average Bonchev–Trinajstić information content (AvgIpc) is 3.24. The topological polar surface area (TPSA) is 138 Å². The highest BCUT2D eigenvalue weighted by atomic mass is 35.5. The maximum atomic E-state index is 13.4. The van der Waals surface area contributed by atoms with E-state index in [0.717, 1.165) is 52.1 Å². The van der Waals surface area contributed by atoms with Crippen molar-refractivity contribution in [3.63, 3.8) is 0 Å². The van der Waals surface area contributed by atoms with Crippen LogP contribution in [0, 0.1) is 16.7 Å². The molecule has 0 aliphatic heterocycles. The lowest BCUT2D eigenvalue weighted by Crippen LogP contribution is -2.34. The Bertz CT molecular complexity index is 1500. The lowest BCUT2D eigenvalue weighted by molar-refractivity contribution is -0.118. The summed E-state index contributed by atoms with van der Waals surface area (Å²) >= 11 is 0. The monoisotopic (exact) mass is 595 g/mol. The Morgan fingerprint density at radius 1 is 0.854 bits per heavy atom. The Kier molecular flexibility index (Phi) is 11.9. The first-order valence-electron chi connectivity index (χ1n) is 13.2. The van der Waals surface area contributed by atoms with Gasteiger partial charge in [-0.3, -0.25) is 15.6 Å². The first-order valence-corrected chi connectivity index (χ1v) is 13.2. The van der Waals surface area contributed by atoms with E-state index in [9.17, 15) is 4.79 Å². The van der Waals surface area contributed by atoms with Gasteiger partial charge < -0.3 is 20.9 Å². The second-order valence-corrected chi connectivity index (χ2v) is 10.4. The zero-order valence-corrected chi connectivity index (χ0v) is 25.3. The van der Waals surface area contributed by atoms with Gasteiger partial charge in [0.25, 0.3) is 0 Å². The lowest BCUT2D eigenvalue weighted by Gasteiger charge is -2.25. The number of aromatic nitrogens is 2. The quantitative estimate of drug-likeness (QED) is 0.136. The molecule has 0 saturated carbocycles. The van der Waals surface area contributed by atoms with Crippen molar-refractivity contribution in [3.05, 3.63) is 94.8 Å². The van der Waals surface area contributed by atoms with Crippen LogP contribution in [0.2, 0.25) is 0 Å². The summed E-state index contributed by atoms with van der Waals surface area (Å²) in [6.45, 7) is 4.85. The van der Waals surface area contributed by atoms with Crippen LogP contribution in [0.1, 0.15) is 48.3 Å². The first kappa shape index (κ1) is 33.3. The molecule has 218 valence electrons. The highest BCUT2D eigenvalue weighted by molar-refractivity contribution is 5.96. The number of imidazole rings is 1. The molecule has 4 aromatic rings. The van der Waals surface area contributed by atoms with E-state index < -0.39 is 0 Å². The SMILES string of the molecule is CC(C)CN(C(=O)CCc1ccc(C(=N)N)cc1)c1ccc2c(c1)nc(CCc1ccc(C(=N)N)cc1)n2C.Cl.Cl. The number of aryl methyl sites for hydroxylation is 4. The number of amides is 1. The van der Waals surface area contributed by atoms with Crippen LogP contribution < -0.4 is 16.4 Å². The van der Waals surface area contributed by atoms with Crippen LogP contribution in [0.15, 0.2) is 66.7 Å². The third kappa shape index (κ3) is 8.31. The highest BCUT2D eigenvalue weighted by Gasteiger charge is 2.19. The molecule has 4 rings (SSSR count). The summed E-state index contributed by atoms with van der Waals surface area (Å²) in [4.78, 5) is 20.2. The molecule has 8 nitrogen and oxygen atoms in total. The van der Waals surface area contributed by atoms with Gasteiger partial charge in [0.15, 0.2) is 0 Å². The number of nitrogen functional groups attached to an aromatic ring is 2. The van der Waals surface area contributed by atoms with E-state index >= 15 is 0 Å². The van der Waals surface area contributed by atoms with Crippen molar-refractivity contribution in [2.24, 2.45) is 24.4 Å². The highest BCUT2D eigenvalue weighted by Crippen LogP contribution is 2.25. The van der Waals surface area contributed by atoms with Crippen molar-refractivity contribution < 1.29 is 4.79 Å². The van der Waals surface area contributed by atoms with Crippen LogP contribution in [-0.4, -0.2) is 33.7 Å². The van der Waals surface area contributed by atoms with Gasteiger partial charge in [0.2, 0.25) is 5.91 Å². The molecule has 10 heteroatoms. The van der Waals surface area contributed by atoms with Gasteiger partial charge in [0, 0.05) is 43.2 Å². The number of rotatable bonds is 11. The van der Waals surface area contributed by atoms with Crippen LogP contribution in [0.4, 0.5) is 5.69 Å². The molecule has 1 heterocycles. The van der Waals surface area contributed by atoms with Gasteiger partial charge in [-0.05, 0) is 48.1 Å². The standard InChI is InChI=1S/C31H37N7O.2ClH/c1-20(2)19-38(29(39)17-9-22-6-12-24(13-7-22)31(34)35)25-14-15-27-26(18-25)36-28(37(27)3)16-8-21-4-10-23(11-5-21)30(32)33;;/h4-7,10-15,18,20H,8-9,16-17,19H2,1-3H3,(H3,32,33)(H3,34,35);2*1H.